The molecule has 3 rings (SSSR count). The first-order valence-electron chi connectivity index (χ1n) is 8.79. The van der Waals surface area contributed by atoms with Crippen LogP contribution >= 0.6 is 0 Å². The SMILES string of the molecule is CNc1cc(Nc2cccnc2OC)nc2c(C(=O)NC[C@@H](C)CO)cnn12. The number of anilines is 3. The highest BCUT2D eigenvalue weighted by molar-refractivity contribution is 6.00. The molecule has 0 bridgehead atoms. The minimum absolute atomic E-state index is 0.00178. The maximum Gasteiger partial charge on any atom is 0.256 e. The molecule has 148 valence electrons. The summed E-state index contributed by atoms with van der Waals surface area (Å²) in [5, 5.41) is 22.4. The Morgan fingerprint density at radius 3 is 2.96 bits per heavy atom. The van der Waals surface area contributed by atoms with Gasteiger partial charge in [0, 0.05) is 32.5 Å². The van der Waals surface area contributed by atoms with Crippen LogP contribution < -0.4 is 20.7 Å². The molecule has 1 amide bonds. The number of hydrogen-bond acceptors (Lipinski definition) is 8. The lowest BCUT2D eigenvalue weighted by molar-refractivity contribution is 0.0943. The third kappa shape index (κ3) is 3.96. The van der Waals surface area contributed by atoms with Crippen LogP contribution in [0.2, 0.25) is 0 Å². The molecule has 0 fully saturated rings. The standard InChI is InChI=1S/C18H23N7O3/c1-11(10-26)8-21-17(27)12-9-22-25-15(19-2)7-14(24-16(12)25)23-13-5-4-6-20-18(13)28-3/h4-7,9,11,19,26H,8,10H2,1-3H3,(H,21,27)(H,23,24)/t11-/m1/s1. The van der Waals surface area contributed by atoms with Crippen molar-refractivity contribution in [1.29, 1.82) is 0 Å². The summed E-state index contributed by atoms with van der Waals surface area (Å²) < 4.78 is 6.81. The number of aromatic nitrogens is 4. The zero-order valence-corrected chi connectivity index (χ0v) is 15.9. The van der Waals surface area contributed by atoms with E-state index in [2.05, 4.69) is 31.0 Å². The van der Waals surface area contributed by atoms with E-state index in [4.69, 9.17) is 9.84 Å². The van der Waals surface area contributed by atoms with Gasteiger partial charge in [-0.05, 0) is 18.1 Å². The molecule has 3 aromatic rings. The summed E-state index contributed by atoms with van der Waals surface area (Å²) in [6, 6.07) is 5.36. The number of aliphatic hydroxyl groups is 1. The predicted molar refractivity (Wildman–Crippen MR) is 105 cm³/mol. The number of aliphatic hydroxyl groups excluding tert-OH is 1. The van der Waals surface area contributed by atoms with Crippen molar-refractivity contribution in [2.24, 2.45) is 5.92 Å². The second-order valence-electron chi connectivity index (χ2n) is 6.25. The van der Waals surface area contributed by atoms with E-state index in [1.54, 1.807) is 29.9 Å². The lowest BCUT2D eigenvalue weighted by Crippen LogP contribution is -2.29. The average molecular weight is 385 g/mol. The van der Waals surface area contributed by atoms with Crippen LogP contribution in [0, 0.1) is 5.92 Å². The summed E-state index contributed by atoms with van der Waals surface area (Å²) in [5.74, 6) is 1.24. The van der Waals surface area contributed by atoms with E-state index >= 15 is 0 Å². The third-order valence-electron chi connectivity index (χ3n) is 4.12. The Kier molecular flexibility index (Phi) is 5.90. The molecule has 0 saturated heterocycles. The van der Waals surface area contributed by atoms with E-state index in [0.717, 1.165) is 0 Å². The van der Waals surface area contributed by atoms with Crippen LogP contribution in [-0.4, -0.2) is 57.9 Å². The van der Waals surface area contributed by atoms with Crippen molar-refractivity contribution in [3.05, 3.63) is 36.2 Å². The number of pyridine rings is 1. The van der Waals surface area contributed by atoms with Crippen LogP contribution in [0.25, 0.3) is 5.65 Å². The summed E-state index contributed by atoms with van der Waals surface area (Å²) in [4.78, 5) is 21.2. The summed E-state index contributed by atoms with van der Waals surface area (Å²) in [6.07, 6.45) is 3.10. The Balaban J connectivity index is 1.96. The molecule has 3 heterocycles. The van der Waals surface area contributed by atoms with Crippen molar-refractivity contribution >= 4 is 28.9 Å². The first-order valence-corrected chi connectivity index (χ1v) is 8.79. The number of carbonyl (C=O) groups is 1. The van der Waals surface area contributed by atoms with Gasteiger partial charge in [-0.15, -0.1) is 0 Å². The molecule has 0 radical (unpaired) electrons. The van der Waals surface area contributed by atoms with E-state index in [9.17, 15) is 4.79 Å². The first-order chi connectivity index (χ1) is 13.6. The highest BCUT2D eigenvalue weighted by Crippen LogP contribution is 2.26. The van der Waals surface area contributed by atoms with Gasteiger partial charge in [0.1, 0.15) is 22.9 Å². The minimum atomic E-state index is -0.305. The number of carbonyl (C=O) groups excluding carboxylic acids is 1. The zero-order valence-electron chi connectivity index (χ0n) is 15.9. The predicted octanol–water partition coefficient (Wildman–Crippen LogP) is 1.28. The molecule has 4 N–H and O–H groups in total. The molecular formula is C18H23N7O3. The topological polar surface area (TPSA) is 126 Å². The van der Waals surface area contributed by atoms with Gasteiger partial charge in [-0.25, -0.2) is 9.97 Å². The molecule has 0 aliphatic carbocycles. The Hall–Kier alpha value is -3.40. The molecule has 0 aliphatic heterocycles. The van der Waals surface area contributed by atoms with Crippen molar-refractivity contribution < 1.29 is 14.6 Å². The second kappa shape index (κ2) is 8.53. The number of nitrogens with one attached hydrogen (secondary N) is 3. The number of hydrogen-bond donors (Lipinski definition) is 4. The van der Waals surface area contributed by atoms with Crippen LogP contribution in [0.5, 0.6) is 5.88 Å². The van der Waals surface area contributed by atoms with Gasteiger partial charge in [-0.2, -0.15) is 9.61 Å². The Morgan fingerprint density at radius 1 is 1.43 bits per heavy atom. The molecule has 28 heavy (non-hydrogen) atoms. The highest BCUT2D eigenvalue weighted by atomic mass is 16.5. The van der Waals surface area contributed by atoms with E-state index in [1.807, 2.05) is 13.0 Å². The summed E-state index contributed by atoms with van der Waals surface area (Å²) in [6.45, 7) is 2.20. The summed E-state index contributed by atoms with van der Waals surface area (Å²) >= 11 is 0. The van der Waals surface area contributed by atoms with Crippen LogP contribution in [0.4, 0.5) is 17.3 Å². The monoisotopic (exact) mass is 385 g/mol. The molecule has 10 nitrogen and oxygen atoms in total. The van der Waals surface area contributed by atoms with Crippen LogP contribution in [0.15, 0.2) is 30.6 Å². The molecule has 0 aromatic carbocycles. The summed E-state index contributed by atoms with van der Waals surface area (Å²) in [7, 11) is 3.30. The molecule has 0 spiro atoms. The van der Waals surface area contributed by atoms with Crippen LogP contribution in [-0.2, 0) is 0 Å². The van der Waals surface area contributed by atoms with Gasteiger partial charge in [0.15, 0.2) is 5.65 Å². The first kappa shape index (κ1) is 19.4. The Labute approximate surface area is 162 Å². The van der Waals surface area contributed by atoms with Crippen LogP contribution in [0.3, 0.4) is 0 Å². The molecule has 0 aliphatic rings. The van der Waals surface area contributed by atoms with E-state index in [0.29, 0.717) is 41.0 Å². The zero-order chi connectivity index (χ0) is 20.1. The highest BCUT2D eigenvalue weighted by Gasteiger charge is 2.18. The maximum atomic E-state index is 12.6. The number of ether oxygens (including phenoxy) is 1. The van der Waals surface area contributed by atoms with Gasteiger partial charge >= 0.3 is 0 Å². The smallest absolute Gasteiger partial charge is 0.256 e. The fraction of sp³-hybridized carbons (Fsp3) is 0.333. The lowest BCUT2D eigenvalue weighted by atomic mass is 10.2. The van der Waals surface area contributed by atoms with Crippen molar-refractivity contribution in [3.8, 4) is 5.88 Å². The lowest BCUT2D eigenvalue weighted by Gasteiger charge is -2.12. The van der Waals surface area contributed by atoms with Gasteiger partial charge in [0.2, 0.25) is 5.88 Å². The number of nitrogens with zero attached hydrogens (tertiary/aromatic N) is 4. The largest absolute Gasteiger partial charge is 0.480 e. The fourth-order valence-corrected chi connectivity index (χ4v) is 2.58. The molecule has 0 saturated carbocycles. The Morgan fingerprint density at radius 2 is 2.25 bits per heavy atom. The van der Waals surface area contributed by atoms with Crippen molar-refractivity contribution in [2.75, 3.05) is 37.9 Å². The fourth-order valence-electron chi connectivity index (χ4n) is 2.58. The van der Waals surface area contributed by atoms with E-state index < -0.39 is 0 Å². The van der Waals surface area contributed by atoms with Gasteiger partial charge in [0.05, 0.1) is 13.3 Å². The van der Waals surface area contributed by atoms with Gasteiger partial charge in [0.25, 0.3) is 5.91 Å². The van der Waals surface area contributed by atoms with Crippen molar-refractivity contribution in [1.82, 2.24) is 24.9 Å². The van der Waals surface area contributed by atoms with Crippen molar-refractivity contribution in [2.45, 2.75) is 6.92 Å². The molecular weight excluding hydrogens is 362 g/mol. The minimum Gasteiger partial charge on any atom is -0.480 e. The molecule has 1 atom stereocenters. The van der Waals surface area contributed by atoms with E-state index in [1.165, 1.54) is 13.3 Å². The van der Waals surface area contributed by atoms with Gasteiger partial charge in [-0.3, -0.25) is 4.79 Å². The number of fused-ring (bicyclic) bond motifs is 1. The number of methoxy groups -OCH3 is 1. The summed E-state index contributed by atoms with van der Waals surface area (Å²) in [5.41, 5.74) is 1.38. The third-order valence-corrected chi connectivity index (χ3v) is 4.12. The average Bonchev–Trinajstić information content (AvgIpc) is 3.15. The molecule has 3 aromatic heterocycles. The quantitative estimate of drug-likeness (QED) is 0.457. The number of rotatable bonds is 8. The number of amides is 1. The normalized spacial score (nSPS) is 11.9. The van der Waals surface area contributed by atoms with E-state index in [-0.39, 0.29) is 18.4 Å². The molecule has 10 heteroatoms. The van der Waals surface area contributed by atoms with Crippen molar-refractivity contribution in [3.63, 3.8) is 0 Å². The van der Waals surface area contributed by atoms with Gasteiger partial charge in [-0.1, -0.05) is 6.92 Å². The molecule has 0 unspecified atom stereocenters. The Bertz CT molecular complexity index is 973. The maximum absolute atomic E-state index is 12.6. The van der Waals surface area contributed by atoms with Crippen LogP contribution in [0.1, 0.15) is 17.3 Å². The second-order valence-corrected chi connectivity index (χ2v) is 6.25. The van der Waals surface area contributed by atoms with Gasteiger partial charge < -0.3 is 25.8 Å².